The predicted octanol–water partition coefficient (Wildman–Crippen LogP) is 3.48. The summed E-state index contributed by atoms with van der Waals surface area (Å²) in [7, 11) is 7.94. The summed E-state index contributed by atoms with van der Waals surface area (Å²) in [5.41, 5.74) is 1.43. The Morgan fingerprint density at radius 3 is 1.88 bits per heavy atom. The summed E-state index contributed by atoms with van der Waals surface area (Å²) in [6.45, 7) is 0. The molecule has 0 amide bonds. The van der Waals surface area contributed by atoms with Gasteiger partial charge in [-0.2, -0.15) is 0 Å². The molecule has 0 aliphatic heterocycles. The summed E-state index contributed by atoms with van der Waals surface area (Å²) >= 11 is 0. The van der Waals surface area contributed by atoms with Crippen molar-refractivity contribution in [1.29, 1.82) is 0 Å². The molecule has 0 saturated heterocycles. The summed E-state index contributed by atoms with van der Waals surface area (Å²) in [4.78, 5) is 4.48. The van der Waals surface area contributed by atoms with Crippen LogP contribution in [0, 0.1) is 0 Å². The van der Waals surface area contributed by atoms with E-state index in [-0.39, 0.29) is 0 Å². The van der Waals surface area contributed by atoms with Crippen LogP contribution in [0.4, 0.5) is 5.69 Å². The Bertz CT molecular complexity index is 728. The number of methoxy groups -OCH3 is 5. The molecule has 0 saturated carbocycles. The van der Waals surface area contributed by atoms with Crippen molar-refractivity contribution in [3.63, 3.8) is 0 Å². The molecule has 0 fully saturated rings. The van der Waals surface area contributed by atoms with Crippen molar-refractivity contribution in [1.82, 2.24) is 0 Å². The molecule has 0 bridgehead atoms. The first-order valence-electron chi connectivity index (χ1n) is 7.23. The highest BCUT2D eigenvalue weighted by molar-refractivity contribution is 5.87. The number of hydrogen-bond donors (Lipinski definition) is 0. The van der Waals surface area contributed by atoms with Crippen LogP contribution in [-0.2, 0) is 0 Å². The number of aliphatic imine (C=N–C) groups is 1. The van der Waals surface area contributed by atoms with Crippen LogP contribution in [-0.4, -0.2) is 41.8 Å². The first-order chi connectivity index (χ1) is 11.7. The predicted molar refractivity (Wildman–Crippen MR) is 92.9 cm³/mol. The van der Waals surface area contributed by atoms with E-state index in [1.165, 1.54) is 0 Å². The lowest BCUT2D eigenvalue weighted by Gasteiger charge is -2.12. The van der Waals surface area contributed by atoms with Gasteiger partial charge in [-0.25, -0.2) is 0 Å². The van der Waals surface area contributed by atoms with E-state index in [1.807, 2.05) is 12.1 Å². The van der Waals surface area contributed by atoms with Crippen LogP contribution < -0.4 is 23.7 Å². The maximum atomic E-state index is 5.39. The van der Waals surface area contributed by atoms with E-state index in [4.69, 9.17) is 23.7 Å². The molecule has 0 unspecified atom stereocenters. The molecule has 2 aromatic carbocycles. The largest absolute Gasteiger partial charge is 0.497 e. The highest BCUT2D eigenvalue weighted by Gasteiger charge is 2.11. The van der Waals surface area contributed by atoms with Gasteiger partial charge in [0, 0.05) is 23.9 Å². The lowest BCUT2D eigenvalue weighted by Crippen LogP contribution is -1.96. The van der Waals surface area contributed by atoms with Crippen molar-refractivity contribution >= 4 is 11.9 Å². The van der Waals surface area contributed by atoms with Crippen LogP contribution >= 0.6 is 0 Å². The van der Waals surface area contributed by atoms with Gasteiger partial charge in [0.25, 0.3) is 0 Å². The topological polar surface area (TPSA) is 58.5 Å². The highest BCUT2D eigenvalue weighted by Crippen LogP contribution is 2.35. The molecule has 24 heavy (non-hydrogen) atoms. The number of nitrogens with zero attached hydrogens (tertiary/aromatic N) is 1. The highest BCUT2D eigenvalue weighted by atomic mass is 16.5. The number of benzene rings is 2. The third kappa shape index (κ3) is 3.71. The van der Waals surface area contributed by atoms with Gasteiger partial charge in [0.2, 0.25) is 0 Å². The molecule has 0 aliphatic rings. The fourth-order valence-corrected chi connectivity index (χ4v) is 2.18. The van der Waals surface area contributed by atoms with Crippen LogP contribution in [0.5, 0.6) is 28.7 Å². The molecule has 0 aromatic heterocycles. The van der Waals surface area contributed by atoms with Gasteiger partial charge >= 0.3 is 0 Å². The van der Waals surface area contributed by atoms with Gasteiger partial charge in [-0.15, -0.1) is 0 Å². The molecule has 2 aromatic rings. The average molecular weight is 331 g/mol. The quantitative estimate of drug-likeness (QED) is 0.727. The van der Waals surface area contributed by atoms with Crippen LogP contribution in [0.2, 0.25) is 0 Å². The second-order valence-corrected chi connectivity index (χ2v) is 4.75. The van der Waals surface area contributed by atoms with Gasteiger partial charge in [-0.3, -0.25) is 4.99 Å². The van der Waals surface area contributed by atoms with E-state index in [0.29, 0.717) is 34.4 Å². The van der Waals surface area contributed by atoms with Crippen molar-refractivity contribution in [2.75, 3.05) is 35.5 Å². The third-order valence-corrected chi connectivity index (χ3v) is 3.47. The SMILES string of the molecule is COc1ccc(N=Cc2cc(OC)c(OC)cc2OC)c(OC)c1. The van der Waals surface area contributed by atoms with E-state index in [9.17, 15) is 0 Å². The second-order valence-electron chi connectivity index (χ2n) is 4.75. The first-order valence-corrected chi connectivity index (χ1v) is 7.23. The minimum atomic E-state index is 0.591. The Kier molecular flexibility index (Phi) is 5.89. The first kappa shape index (κ1) is 17.5. The monoisotopic (exact) mass is 331 g/mol. The van der Waals surface area contributed by atoms with Gasteiger partial charge < -0.3 is 23.7 Å². The maximum absolute atomic E-state index is 5.39. The second kappa shape index (κ2) is 8.10. The van der Waals surface area contributed by atoms with Crippen molar-refractivity contribution in [2.24, 2.45) is 4.99 Å². The number of hydrogen-bond acceptors (Lipinski definition) is 6. The standard InChI is InChI=1S/C18H21NO5/c1-20-13-6-7-14(16(9-13)22-3)19-11-12-8-17(23-4)18(24-5)10-15(12)21-2/h6-11H,1-5H3. The fourth-order valence-electron chi connectivity index (χ4n) is 2.18. The molecule has 0 N–H and O–H groups in total. The summed E-state index contributed by atoms with van der Waals surface area (Å²) in [6.07, 6.45) is 1.69. The zero-order valence-electron chi connectivity index (χ0n) is 14.5. The van der Waals surface area contributed by atoms with Crippen molar-refractivity contribution in [2.45, 2.75) is 0 Å². The Morgan fingerprint density at radius 1 is 0.667 bits per heavy atom. The van der Waals surface area contributed by atoms with E-state index >= 15 is 0 Å². The van der Waals surface area contributed by atoms with Gasteiger partial charge in [0.15, 0.2) is 11.5 Å². The van der Waals surface area contributed by atoms with Crippen LogP contribution in [0.3, 0.4) is 0 Å². The van der Waals surface area contributed by atoms with E-state index in [2.05, 4.69) is 4.99 Å². The minimum Gasteiger partial charge on any atom is -0.497 e. The summed E-state index contributed by atoms with van der Waals surface area (Å²) in [6, 6.07) is 8.98. The van der Waals surface area contributed by atoms with Crippen LogP contribution in [0.1, 0.15) is 5.56 Å². The zero-order chi connectivity index (χ0) is 17.5. The Hall–Kier alpha value is -2.89. The molecule has 0 radical (unpaired) electrons. The smallest absolute Gasteiger partial charge is 0.164 e. The van der Waals surface area contributed by atoms with Gasteiger partial charge in [0.1, 0.15) is 22.9 Å². The zero-order valence-corrected chi connectivity index (χ0v) is 14.5. The molecule has 6 heteroatoms. The van der Waals surface area contributed by atoms with E-state index in [0.717, 1.165) is 5.56 Å². The lowest BCUT2D eigenvalue weighted by atomic mass is 10.2. The van der Waals surface area contributed by atoms with Crippen molar-refractivity contribution in [3.05, 3.63) is 35.9 Å². The molecule has 0 spiro atoms. The van der Waals surface area contributed by atoms with Gasteiger partial charge in [-0.1, -0.05) is 0 Å². The molecular formula is C18H21NO5. The summed E-state index contributed by atoms with van der Waals surface area (Å²) in [5.74, 6) is 3.14. The number of rotatable bonds is 7. The molecule has 0 atom stereocenters. The summed E-state index contributed by atoms with van der Waals surface area (Å²) in [5, 5.41) is 0. The van der Waals surface area contributed by atoms with E-state index < -0.39 is 0 Å². The van der Waals surface area contributed by atoms with Crippen molar-refractivity contribution in [3.8, 4) is 28.7 Å². The molecule has 2 rings (SSSR count). The normalized spacial score (nSPS) is 10.5. The third-order valence-electron chi connectivity index (χ3n) is 3.47. The maximum Gasteiger partial charge on any atom is 0.164 e. The molecule has 0 aliphatic carbocycles. The average Bonchev–Trinajstić information content (AvgIpc) is 2.65. The van der Waals surface area contributed by atoms with Gasteiger partial charge in [0.05, 0.1) is 35.5 Å². The Balaban J connectivity index is 2.41. The van der Waals surface area contributed by atoms with Crippen LogP contribution in [0.25, 0.3) is 0 Å². The Morgan fingerprint density at radius 2 is 1.29 bits per heavy atom. The molecular weight excluding hydrogens is 310 g/mol. The van der Waals surface area contributed by atoms with E-state index in [1.54, 1.807) is 60.0 Å². The van der Waals surface area contributed by atoms with Gasteiger partial charge in [-0.05, 0) is 18.2 Å². The molecule has 0 heterocycles. The minimum absolute atomic E-state index is 0.591. The number of ether oxygens (including phenoxy) is 5. The summed E-state index contributed by atoms with van der Waals surface area (Å²) < 4.78 is 26.5. The molecule has 6 nitrogen and oxygen atoms in total. The Labute approximate surface area is 141 Å². The lowest BCUT2D eigenvalue weighted by molar-refractivity contribution is 0.349. The fraction of sp³-hybridized carbons (Fsp3) is 0.278. The van der Waals surface area contributed by atoms with Crippen LogP contribution in [0.15, 0.2) is 35.3 Å². The molecule has 128 valence electrons. The van der Waals surface area contributed by atoms with Crippen molar-refractivity contribution < 1.29 is 23.7 Å².